The van der Waals surface area contributed by atoms with Gasteiger partial charge in [0.25, 0.3) is 0 Å². The van der Waals surface area contributed by atoms with E-state index in [-0.39, 0.29) is 11.9 Å². The number of fused-ring (bicyclic) bond motifs is 1. The number of piperazine rings is 1. The van der Waals surface area contributed by atoms with Crippen molar-refractivity contribution in [3.05, 3.63) is 30.1 Å². The zero-order valence-corrected chi connectivity index (χ0v) is 17.9. The molecule has 30 heavy (non-hydrogen) atoms. The molecule has 1 saturated heterocycles. The minimum absolute atomic E-state index is 0.0169. The number of benzene rings is 1. The Morgan fingerprint density at radius 2 is 1.83 bits per heavy atom. The number of anilines is 1. The van der Waals surface area contributed by atoms with Crippen LogP contribution in [0.2, 0.25) is 0 Å². The third kappa shape index (κ3) is 5.15. The van der Waals surface area contributed by atoms with Crippen LogP contribution in [-0.4, -0.2) is 70.5 Å². The van der Waals surface area contributed by atoms with Crippen molar-refractivity contribution >= 4 is 28.7 Å². The number of nitrogens with one attached hydrogen (secondary N) is 2. The van der Waals surface area contributed by atoms with Gasteiger partial charge in [0, 0.05) is 38.1 Å². The number of primary amides is 1. The molecule has 2 aromatic rings. The molecule has 9 heteroatoms. The molecule has 0 bridgehead atoms. The van der Waals surface area contributed by atoms with Gasteiger partial charge >= 0.3 is 6.03 Å². The van der Waals surface area contributed by atoms with Crippen molar-refractivity contribution in [3.63, 3.8) is 0 Å². The van der Waals surface area contributed by atoms with Crippen LogP contribution in [0.25, 0.3) is 10.9 Å². The number of carbonyl (C=O) groups is 2. The van der Waals surface area contributed by atoms with Crippen LogP contribution in [0, 0.1) is 5.92 Å². The number of amides is 3. The minimum atomic E-state index is -0.517. The topological polar surface area (TPSA) is 116 Å². The van der Waals surface area contributed by atoms with Crippen molar-refractivity contribution in [1.82, 2.24) is 25.1 Å². The van der Waals surface area contributed by atoms with E-state index in [9.17, 15) is 9.59 Å². The summed E-state index contributed by atoms with van der Waals surface area (Å²) in [5.41, 5.74) is 6.40. The summed E-state index contributed by atoms with van der Waals surface area (Å²) in [5.74, 6) is 0.918. The largest absolute Gasteiger partial charge is 0.368 e. The first-order valence-electron chi connectivity index (χ1n) is 10.5. The Kier molecular flexibility index (Phi) is 7.04. The molecule has 0 saturated carbocycles. The third-order valence-electron chi connectivity index (χ3n) is 5.27. The molecule has 1 aromatic carbocycles. The molecule has 1 aliphatic rings. The van der Waals surface area contributed by atoms with Crippen molar-refractivity contribution < 1.29 is 9.59 Å². The lowest BCUT2D eigenvalue weighted by Gasteiger charge is -2.34. The molecule has 3 rings (SSSR count). The van der Waals surface area contributed by atoms with Crippen LogP contribution < -0.4 is 16.4 Å². The molecule has 2 heterocycles. The van der Waals surface area contributed by atoms with Crippen molar-refractivity contribution in [1.29, 1.82) is 0 Å². The number of carbonyl (C=O) groups excluding carboxylic acids is 2. The number of nitrogens with two attached hydrogens (primary N) is 1. The zero-order chi connectivity index (χ0) is 21.7. The lowest BCUT2D eigenvalue weighted by molar-refractivity contribution is -0.119. The van der Waals surface area contributed by atoms with E-state index in [1.807, 2.05) is 49.9 Å². The molecule has 0 radical (unpaired) electrons. The van der Waals surface area contributed by atoms with Gasteiger partial charge in [-0.15, -0.1) is 0 Å². The fourth-order valence-electron chi connectivity index (χ4n) is 3.59. The number of urea groups is 1. The van der Waals surface area contributed by atoms with E-state index < -0.39 is 11.9 Å². The van der Waals surface area contributed by atoms with Crippen LogP contribution in [0.4, 0.5) is 10.6 Å². The van der Waals surface area contributed by atoms with E-state index in [0.29, 0.717) is 37.8 Å². The molecule has 0 aliphatic carbocycles. The summed E-state index contributed by atoms with van der Waals surface area (Å²) < 4.78 is 0. The Morgan fingerprint density at radius 3 is 2.47 bits per heavy atom. The highest BCUT2D eigenvalue weighted by atomic mass is 16.2. The predicted octanol–water partition coefficient (Wildman–Crippen LogP) is 1.40. The van der Waals surface area contributed by atoms with E-state index >= 15 is 0 Å². The van der Waals surface area contributed by atoms with E-state index in [4.69, 9.17) is 15.7 Å². The monoisotopic (exact) mass is 413 g/mol. The molecule has 0 spiro atoms. The first kappa shape index (κ1) is 21.8. The molecule has 1 aliphatic heterocycles. The smallest absolute Gasteiger partial charge is 0.317 e. The van der Waals surface area contributed by atoms with Gasteiger partial charge in [-0.3, -0.25) is 9.69 Å². The van der Waals surface area contributed by atoms with Gasteiger partial charge in [0.2, 0.25) is 5.91 Å². The number of para-hydroxylation sites is 1. The van der Waals surface area contributed by atoms with Gasteiger partial charge < -0.3 is 21.3 Å². The Labute approximate surface area is 177 Å². The minimum Gasteiger partial charge on any atom is -0.368 e. The average molecular weight is 414 g/mol. The van der Waals surface area contributed by atoms with E-state index in [1.165, 1.54) is 0 Å². The molecule has 1 aromatic heterocycles. The summed E-state index contributed by atoms with van der Waals surface area (Å²) in [6.45, 7) is 9.86. The number of nitrogens with zero attached hydrogens (tertiary/aromatic N) is 4. The van der Waals surface area contributed by atoms with E-state index in [0.717, 1.165) is 24.0 Å². The normalized spacial score (nSPS) is 15.9. The molecule has 162 valence electrons. The summed E-state index contributed by atoms with van der Waals surface area (Å²) >= 11 is 0. The second kappa shape index (κ2) is 9.71. The third-order valence-corrected chi connectivity index (χ3v) is 5.27. The molecule has 3 amide bonds. The summed E-state index contributed by atoms with van der Waals surface area (Å²) in [5, 5.41) is 6.93. The highest BCUT2D eigenvalue weighted by molar-refractivity contribution is 5.91. The number of hydrogen-bond donors (Lipinski definition) is 3. The predicted molar refractivity (Wildman–Crippen MR) is 117 cm³/mol. The second-order valence-electron chi connectivity index (χ2n) is 7.87. The fourth-order valence-corrected chi connectivity index (χ4v) is 3.59. The Hall–Kier alpha value is -2.94. The van der Waals surface area contributed by atoms with Gasteiger partial charge in [0.05, 0.1) is 12.1 Å². The second-order valence-corrected chi connectivity index (χ2v) is 7.87. The van der Waals surface area contributed by atoms with Crippen LogP contribution in [0.5, 0.6) is 0 Å². The van der Waals surface area contributed by atoms with Crippen molar-refractivity contribution in [2.75, 3.05) is 38.0 Å². The van der Waals surface area contributed by atoms with Gasteiger partial charge in [0.15, 0.2) is 0 Å². The lowest BCUT2D eigenvalue weighted by atomic mass is 10.0. The quantitative estimate of drug-likeness (QED) is 0.632. The maximum Gasteiger partial charge on any atom is 0.317 e. The van der Waals surface area contributed by atoms with Gasteiger partial charge in [0.1, 0.15) is 17.7 Å². The Morgan fingerprint density at radius 1 is 1.13 bits per heavy atom. The van der Waals surface area contributed by atoms with Crippen LogP contribution >= 0.6 is 0 Å². The number of rotatable bonds is 7. The van der Waals surface area contributed by atoms with Crippen LogP contribution in [0.3, 0.4) is 0 Å². The number of aromatic nitrogens is 2. The fraction of sp³-hybridized carbons (Fsp3) is 0.524. The van der Waals surface area contributed by atoms with Gasteiger partial charge in [-0.25, -0.2) is 14.8 Å². The lowest BCUT2D eigenvalue weighted by Crippen LogP contribution is -2.51. The molecule has 1 atom stereocenters. The summed E-state index contributed by atoms with van der Waals surface area (Å²) in [6, 6.07) is 7.19. The van der Waals surface area contributed by atoms with E-state index in [2.05, 4.69) is 15.5 Å². The average Bonchev–Trinajstić information content (AvgIpc) is 2.72. The van der Waals surface area contributed by atoms with Crippen molar-refractivity contribution in [2.45, 2.75) is 33.4 Å². The summed E-state index contributed by atoms with van der Waals surface area (Å²) in [7, 11) is 0. The van der Waals surface area contributed by atoms with Crippen LogP contribution in [-0.2, 0) is 11.3 Å². The highest BCUT2D eigenvalue weighted by Crippen LogP contribution is 2.23. The Bertz CT molecular complexity index is 894. The maximum absolute atomic E-state index is 12.0. The molecule has 1 fully saturated rings. The van der Waals surface area contributed by atoms with Gasteiger partial charge in [-0.05, 0) is 25.0 Å². The van der Waals surface area contributed by atoms with Crippen molar-refractivity contribution in [3.8, 4) is 0 Å². The molecule has 4 N–H and O–H groups in total. The van der Waals surface area contributed by atoms with Crippen molar-refractivity contribution in [2.24, 2.45) is 11.7 Å². The summed E-state index contributed by atoms with van der Waals surface area (Å²) in [6.07, 6.45) is 0. The molecular weight excluding hydrogens is 382 g/mol. The zero-order valence-electron chi connectivity index (χ0n) is 17.9. The first-order chi connectivity index (χ1) is 14.4. The number of hydrogen-bond acceptors (Lipinski definition) is 6. The molecule has 0 unspecified atom stereocenters. The van der Waals surface area contributed by atoms with Crippen LogP contribution in [0.1, 0.15) is 26.6 Å². The van der Waals surface area contributed by atoms with Gasteiger partial charge in [-0.2, -0.15) is 0 Å². The van der Waals surface area contributed by atoms with Crippen LogP contribution in [0.15, 0.2) is 24.3 Å². The maximum atomic E-state index is 12.0. The Balaban J connectivity index is 1.77. The SMILES string of the molecule is CCNC(=O)N1CCN(Cc2nc(N[C@H](C(N)=O)C(C)C)c3ccccc3n2)CC1. The highest BCUT2D eigenvalue weighted by Gasteiger charge is 2.23. The molecule has 9 nitrogen and oxygen atoms in total. The molecular formula is C21H31N7O2. The summed E-state index contributed by atoms with van der Waals surface area (Å²) in [4.78, 5) is 37.4. The van der Waals surface area contributed by atoms with Gasteiger partial charge in [-0.1, -0.05) is 26.0 Å². The first-order valence-corrected chi connectivity index (χ1v) is 10.5. The standard InChI is InChI=1S/C21H31N7O2/c1-4-23-21(30)28-11-9-27(10-12-28)13-17-24-16-8-6-5-7-15(16)20(25-17)26-18(14(2)3)19(22)29/h5-8,14,18H,4,9-13H2,1-3H3,(H2,22,29)(H,23,30)(H,24,25,26)/t18-/m0/s1. The van der Waals surface area contributed by atoms with E-state index in [1.54, 1.807) is 0 Å².